The van der Waals surface area contributed by atoms with E-state index in [1.807, 2.05) is 0 Å². The molecular weight excluding hydrogens is 259 g/mol. The highest BCUT2D eigenvalue weighted by atomic mass is 19.4. The van der Waals surface area contributed by atoms with Crippen LogP contribution < -0.4 is 10.6 Å². The molecule has 1 aromatic carbocycles. The van der Waals surface area contributed by atoms with Gasteiger partial charge in [-0.25, -0.2) is 0 Å². The van der Waals surface area contributed by atoms with Crippen molar-refractivity contribution in [3.05, 3.63) is 29.8 Å². The molecule has 0 bridgehead atoms. The first-order chi connectivity index (χ1) is 8.97. The number of hydrogen-bond acceptors (Lipinski definition) is 3. The number of nitrogens with one attached hydrogen (secondary N) is 2. The zero-order chi connectivity index (χ0) is 13.9. The zero-order valence-corrected chi connectivity index (χ0v) is 9.92. The Balaban J connectivity index is 2.06. The van der Waals surface area contributed by atoms with Gasteiger partial charge in [0.15, 0.2) is 0 Å². The molecule has 102 valence electrons. The summed E-state index contributed by atoms with van der Waals surface area (Å²) < 4.78 is 36.2. The highest BCUT2D eigenvalue weighted by molar-refractivity contribution is 6.00. The molecule has 7 heteroatoms. The summed E-state index contributed by atoms with van der Waals surface area (Å²) in [6, 6.07) is 6.06. The van der Waals surface area contributed by atoms with Crippen molar-refractivity contribution in [3.63, 3.8) is 0 Å². The van der Waals surface area contributed by atoms with Gasteiger partial charge < -0.3 is 10.6 Å². The fourth-order valence-corrected chi connectivity index (χ4v) is 1.64. The van der Waals surface area contributed by atoms with Gasteiger partial charge in [-0.1, -0.05) is 0 Å². The molecule has 0 radical (unpaired) electrons. The minimum Gasteiger partial charge on any atom is -0.370 e. The van der Waals surface area contributed by atoms with Crippen LogP contribution in [0.4, 0.5) is 18.9 Å². The van der Waals surface area contributed by atoms with Gasteiger partial charge in [-0.15, -0.1) is 0 Å². The van der Waals surface area contributed by atoms with E-state index in [4.69, 9.17) is 0 Å². The van der Waals surface area contributed by atoms with Crippen molar-refractivity contribution in [3.8, 4) is 0 Å². The van der Waals surface area contributed by atoms with E-state index in [9.17, 15) is 18.0 Å². The predicted molar refractivity (Wildman–Crippen MR) is 65.2 cm³/mol. The van der Waals surface area contributed by atoms with Crippen LogP contribution in [-0.4, -0.2) is 31.0 Å². The summed E-state index contributed by atoms with van der Waals surface area (Å²) in [7, 11) is 0. The Labute approximate surface area is 107 Å². The number of amides is 1. The zero-order valence-electron chi connectivity index (χ0n) is 9.92. The van der Waals surface area contributed by atoms with E-state index >= 15 is 0 Å². The molecule has 1 heterocycles. The molecule has 4 nitrogen and oxygen atoms in total. The van der Waals surface area contributed by atoms with E-state index in [2.05, 4.69) is 10.3 Å². The number of carbonyl (C=O) groups is 1. The highest BCUT2D eigenvalue weighted by Crippen LogP contribution is 2.18. The molecule has 0 aromatic heterocycles. The van der Waals surface area contributed by atoms with Crippen LogP contribution in [0.15, 0.2) is 29.3 Å². The summed E-state index contributed by atoms with van der Waals surface area (Å²) >= 11 is 0. The van der Waals surface area contributed by atoms with Crippen molar-refractivity contribution >= 4 is 17.4 Å². The third-order valence-corrected chi connectivity index (χ3v) is 2.57. The van der Waals surface area contributed by atoms with Gasteiger partial charge in [-0.05, 0) is 30.7 Å². The van der Waals surface area contributed by atoms with Crippen molar-refractivity contribution in [1.29, 1.82) is 0 Å². The predicted octanol–water partition coefficient (Wildman–Crippen LogP) is 1.93. The first-order valence-electron chi connectivity index (χ1n) is 5.74. The largest absolute Gasteiger partial charge is 0.471 e. The number of rotatable bonds is 2. The second-order valence-corrected chi connectivity index (χ2v) is 4.04. The molecule has 0 fully saturated rings. The molecule has 0 saturated heterocycles. The van der Waals surface area contributed by atoms with Crippen LogP contribution in [0.5, 0.6) is 0 Å². The van der Waals surface area contributed by atoms with E-state index in [0.29, 0.717) is 0 Å². The molecule has 2 N–H and O–H groups in total. The van der Waals surface area contributed by atoms with Gasteiger partial charge >= 0.3 is 12.1 Å². The van der Waals surface area contributed by atoms with Crippen molar-refractivity contribution in [2.45, 2.75) is 12.6 Å². The Hall–Kier alpha value is -2.05. The lowest BCUT2D eigenvalue weighted by molar-refractivity contribution is -0.167. The molecule has 2 rings (SSSR count). The summed E-state index contributed by atoms with van der Waals surface area (Å²) in [4.78, 5) is 15.0. The first kappa shape index (κ1) is 13.4. The summed E-state index contributed by atoms with van der Waals surface area (Å²) in [5.74, 6) is -1.26. The van der Waals surface area contributed by atoms with E-state index in [0.717, 1.165) is 30.9 Å². The third-order valence-electron chi connectivity index (χ3n) is 2.57. The summed E-state index contributed by atoms with van der Waals surface area (Å²) in [6.07, 6.45) is -3.92. The topological polar surface area (TPSA) is 53.5 Å². The molecular formula is C12H12F3N3O. The molecule has 1 amide bonds. The smallest absolute Gasteiger partial charge is 0.370 e. The number of carbonyl (C=O) groups excluding carboxylic acids is 1. The van der Waals surface area contributed by atoms with Crippen LogP contribution in [-0.2, 0) is 4.79 Å². The third kappa shape index (κ3) is 3.46. The second kappa shape index (κ2) is 5.29. The average Bonchev–Trinajstić information content (AvgIpc) is 2.39. The second-order valence-electron chi connectivity index (χ2n) is 4.04. The molecule has 1 aliphatic rings. The van der Waals surface area contributed by atoms with E-state index < -0.39 is 12.1 Å². The van der Waals surface area contributed by atoms with Gasteiger partial charge in [-0.3, -0.25) is 9.79 Å². The quantitative estimate of drug-likeness (QED) is 0.863. The molecule has 0 spiro atoms. The number of alkyl halides is 3. The van der Waals surface area contributed by atoms with Crippen LogP contribution in [0, 0.1) is 0 Å². The fraction of sp³-hybridized carbons (Fsp3) is 0.333. The van der Waals surface area contributed by atoms with Crippen molar-refractivity contribution in [2.75, 3.05) is 18.4 Å². The SMILES string of the molecule is O=C(Nc1ccc(C2=NCCCN2)cc1)C(F)(F)F. The lowest BCUT2D eigenvalue weighted by Crippen LogP contribution is -2.30. The Morgan fingerprint density at radius 3 is 2.47 bits per heavy atom. The number of anilines is 1. The van der Waals surface area contributed by atoms with Gasteiger partial charge in [0, 0.05) is 24.3 Å². The number of amidine groups is 1. The average molecular weight is 271 g/mol. The fourth-order valence-electron chi connectivity index (χ4n) is 1.64. The summed E-state index contributed by atoms with van der Waals surface area (Å²) in [6.45, 7) is 1.56. The molecule has 0 atom stereocenters. The van der Waals surface area contributed by atoms with E-state index in [1.165, 1.54) is 12.1 Å². The lowest BCUT2D eigenvalue weighted by Gasteiger charge is -2.15. The monoisotopic (exact) mass is 271 g/mol. The summed E-state index contributed by atoms with van der Waals surface area (Å²) in [5.41, 5.74) is 0.882. The molecule has 0 saturated carbocycles. The number of halogens is 3. The Morgan fingerprint density at radius 1 is 1.26 bits per heavy atom. The van der Waals surface area contributed by atoms with Crippen LogP contribution in [0.1, 0.15) is 12.0 Å². The molecule has 1 aliphatic heterocycles. The van der Waals surface area contributed by atoms with E-state index in [-0.39, 0.29) is 5.69 Å². The van der Waals surface area contributed by atoms with E-state index in [1.54, 1.807) is 17.4 Å². The van der Waals surface area contributed by atoms with Crippen LogP contribution in [0.25, 0.3) is 0 Å². The molecule has 19 heavy (non-hydrogen) atoms. The van der Waals surface area contributed by atoms with Crippen LogP contribution >= 0.6 is 0 Å². The van der Waals surface area contributed by atoms with Crippen LogP contribution in [0.2, 0.25) is 0 Å². The number of benzene rings is 1. The Morgan fingerprint density at radius 2 is 1.95 bits per heavy atom. The number of hydrogen-bond donors (Lipinski definition) is 2. The minimum absolute atomic E-state index is 0.0995. The Bertz CT molecular complexity index is 494. The van der Waals surface area contributed by atoms with Crippen molar-refractivity contribution < 1.29 is 18.0 Å². The van der Waals surface area contributed by atoms with Crippen LogP contribution in [0.3, 0.4) is 0 Å². The number of nitrogens with zero attached hydrogens (tertiary/aromatic N) is 1. The molecule has 1 aromatic rings. The molecule has 0 aliphatic carbocycles. The standard InChI is InChI=1S/C12H12F3N3O/c13-12(14,15)11(19)18-9-4-2-8(3-5-9)10-16-6-1-7-17-10/h2-5H,1,6-7H2,(H,16,17)(H,18,19). The van der Waals surface area contributed by atoms with Crippen molar-refractivity contribution in [1.82, 2.24) is 5.32 Å². The van der Waals surface area contributed by atoms with Gasteiger partial charge in [0.2, 0.25) is 0 Å². The maximum atomic E-state index is 12.1. The minimum atomic E-state index is -4.88. The summed E-state index contributed by atoms with van der Waals surface area (Å²) in [5, 5.41) is 4.89. The maximum Gasteiger partial charge on any atom is 0.471 e. The number of aliphatic imine (C=N–C) groups is 1. The molecule has 0 unspecified atom stereocenters. The van der Waals surface area contributed by atoms with Gasteiger partial charge in [0.1, 0.15) is 5.84 Å². The maximum absolute atomic E-state index is 12.1. The van der Waals surface area contributed by atoms with Gasteiger partial charge in [0.25, 0.3) is 0 Å². The van der Waals surface area contributed by atoms with Crippen molar-refractivity contribution in [2.24, 2.45) is 4.99 Å². The van der Waals surface area contributed by atoms with Gasteiger partial charge in [-0.2, -0.15) is 13.2 Å². The van der Waals surface area contributed by atoms with Gasteiger partial charge in [0.05, 0.1) is 0 Å². The Kier molecular flexibility index (Phi) is 3.73. The first-order valence-corrected chi connectivity index (χ1v) is 5.74. The highest BCUT2D eigenvalue weighted by Gasteiger charge is 2.38. The lowest BCUT2D eigenvalue weighted by atomic mass is 10.1. The normalized spacial score (nSPS) is 15.4.